The van der Waals surface area contributed by atoms with Crippen molar-refractivity contribution in [2.45, 2.75) is 13.0 Å². The summed E-state index contributed by atoms with van der Waals surface area (Å²) < 4.78 is 7.96. The summed E-state index contributed by atoms with van der Waals surface area (Å²) in [6.45, 7) is 0.900. The number of hydrogen-bond donors (Lipinski definition) is 1. The second kappa shape index (κ2) is 4.79. The topological polar surface area (TPSA) is 64.3 Å². The smallest absolute Gasteiger partial charge is 0.356 e. The third kappa shape index (κ3) is 2.17. The van der Waals surface area contributed by atoms with Crippen molar-refractivity contribution in [3.8, 4) is 5.69 Å². The van der Waals surface area contributed by atoms with E-state index in [0.717, 1.165) is 15.9 Å². The first-order valence-corrected chi connectivity index (χ1v) is 6.64. The van der Waals surface area contributed by atoms with E-state index in [1.165, 1.54) is 0 Å². The Balaban J connectivity index is 2.19. The number of halogens is 1. The molecule has 0 fully saturated rings. The van der Waals surface area contributed by atoms with Crippen LogP contribution in [0.4, 0.5) is 0 Å². The van der Waals surface area contributed by atoms with Gasteiger partial charge >= 0.3 is 5.97 Å². The Kier molecular flexibility index (Phi) is 3.12. The Morgan fingerprint density at radius 2 is 2.32 bits per heavy atom. The Hall–Kier alpha value is -1.66. The maximum atomic E-state index is 11.2. The largest absolute Gasteiger partial charge is 0.476 e. The Morgan fingerprint density at radius 1 is 1.47 bits per heavy atom. The van der Waals surface area contributed by atoms with Crippen LogP contribution < -0.4 is 0 Å². The fourth-order valence-corrected chi connectivity index (χ4v) is 2.62. The predicted octanol–water partition coefficient (Wildman–Crippen LogP) is 2.41. The van der Waals surface area contributed by atoms with Crippen LogP contribution in [0.1, 0.15) is 21.7 Å². The SMILES string of the molecule is O=C(O)c1nn(-c2cccc(Br)c2)c2c1COCC2. The highest BCUT2D eigenvalue weighted by Gasteiger charge is 2.25. The zero-order chi connectivity index (χ0) is 13.4. The van der Waals surface area contributed by atoms with E-state index in [9.17, 15) is 9.90 Å². The number of benzene rings is 1. The monoisotopic (exact) mass is 322 g/mol. The molecule has 6 heteroatoms. The van der Waals surface area contributed by atoms with Crippen LogP contribution in [0.5, 0.6) is 0 Å². The van der Waals surface area contributed by atoms with Gasteiger partial charge in [0.1, 0.15) is 0 Å². The summed E-state index contributed by atoms with van der Waals surface area (Å²) in [6, 6.07) is 7.63. The van der Waals surface area contributed by atoms with Gasteiger partial charge in [-0.2, -0.15) is 5.10 Å². The van der Waals surface area contributed by atoms with E-state index in [-0.39, 0.29) is 5.69 Å². The molecule has 1 aromatic carbocycles. The van der Waals surface area contributed by atoms with Crippen molar-refractivity contribution in [3.05, 3.63) is 45.7 Å². The normalized spacial score (nSPS) is 14.2. The first kappa shape index (κ1) is 12.4. The van der Waals surface area contributed by atoms with E-state index in [2.05, 4.69) is 21.0 Å². The van der Waals surface area contributed by atoms with E-state index >= 15 is 0 Å². The van der Waals surface area contributed by atoms with Gasteiger partial charge in [-0.05, 0) is 18.2 Å². The molecule has 0 radical (unpaired) electrons. The second-order valence-electron chi connectivity index (χ2n) is 4.27. The number of aromatic carboxylic acids is 1. The fourth-order valence-electron chi connectivity index (χ4n) is 2.23. The third-order valence-electron chi connectivity index (χ3n) is 3.07. The maximum absolute atomic E-state index is 11.2. The fraction of sp³-hybridized carbons (Fsp3) is 0.231. The Bertz CT molecular complexity index is 651. The average Bonchev–Trinajstić information content (AvgIpc) is 2.78. The number of fused-ring (bicyclic) bond motifs is 1. The lowest BCUT2D eigenvalue weighted by molar-refractivity contribution is 0.0677. The number of carbonyl (C=O) groups is 1. The van der Waals surface area contributed by atoms with Crippen LogP contribution in [0.25, 0.3) is 5.69 Å². The van der Waals surface area contributed by atoms with E-state index in [1.807, 2.05) is 24.3 Å². The number of nitrogens with zero attached hydrogens (tertiary/aromatic N) is 2. The highest BCUT2D eigenvalue weighted by Crippen LogP contribution is 2.25. The number of carboxylic acids is 1. The highest BCUT2D eigenvalue weighted by molar-refractivity contribution is 9.10. The van der Waals surface area contributed by atoms with Crippen molar-refractivity contribution in [1.29, 1.82) is 0 Å². The highest BCUT2D eigenvalue weighted by atomic mass is 79.9. The van der Waals surface area contributed by atoms with Crippen LogP contribution >= 0.6 is 15.9 Å². The molecular weight excluding hydrogens is 312 g/mol. The van der Waals surface area contributed by atoms with Crippen molar-refractivity contribution in [3.63, 3.8) is 0 Å². The van der Waals surface area contributed by atoms with Crippen molar-refractivity contribution >= 4 is 21.9 Å². The van der Waals surface area contributed by atoms with Gasteiger partial charge in [0, 0.05) is 16.5 Å². The molecule has 19 heavy (non-hydrogen) atoms. The quantitative estimate of drug-likeness (QED) is 0.922. The molecule has 0 saturated carbocycles. The molecular formula is C13H11BrN2O3. The van der Waals surface area contributed by atoms with Gasteiger partial charge in [0.25, 0.3) is 0 Å². The van der Waals surface area contributed by atoms with Crippen LogP contribution in [0.2, 0.25) is 0 Å². The molecule has 0 spiro atoms. The van der Waals surface area contributed by atoms with Crippen LogP contribution in [0.3, 0.4) is 0 Å². The minimum Gasteiger partial charge on any atom is -0.476 e. The van der Waals surface area contributed by atoms with Gasteiger partial charge in [0.15, 0.2) is 5.69 Å². The van der Waals surface area contributed by atoms with Crippen molar-refractivity contribution in [2.24, 2.45) is 0 Å². The van der Waals surface area contributed by atoms with Gasteiger partial charge in [0.05, 0.1) is 24.6 Å². The summed E-state index contributed by atoms with van der Waals surface area (Å²) >= 11 is 3.41. The van der Waals surface area contributed by atoms with Crippen molar-refractivity contribution in [2.75, 3.05) is 6.61 Å². The molecule has 0 saturated heterocycles. The van der Waals surface area contributed by atoms with E-state index < -0.39 is 5.97 Å². The Morgan fingerprint density at radius 3 is 3.05 bits per heavy atom. The molecule has 0 atom stereocenters. The summed E-state index contributed by atoms with van der Waals surface area (Å²) in [5, 5.41) is 13.4. The zero-order valence-electron chi connectivity index (χ0n) is 9.97. The molecule has 0 bridgehead atoms. The maximum Gasteiger partial charge on any atom is 0.356 e. The van der Waals surface area contributed by atoms with Gasteiger partial charge in [-0.25, -0.2) is 9.48 Å². The summed E-state index contributed by atoms with van der Waals surface area (Å²) in [4.78, 5) is 11.2. The minimum atomic E-state index is -1.02. The molecule has 0 aliphatic carbocycles. The number of carboxylic acid groups (broad SMARTS) is 1. The summed E-state index contributed by atoms with van der Waals surface area (Å²) in [5.41, 5.74) is 2.52. The number of rotatable bonds is 2. The van der Waals surface area contributed by atoms with Gasteiger partial charge in [0.2, 0.25) is 0 Å². The molecule has 1 aromatic heterocycles. The molecule has 5 nitrogen and oxygen atoms in total. The molecule has 3 rings (SSSR count). The molecule has 98 valence electrons. The number of hydrogen-bond acceptors (Lipinski definition) is 3. The van der Waals surface area contributed by atoms with Crippen molar-refractivity contribution in [1.82, 2.24) is 9.78 Å². The summed E-state index contributed by atoms with van der Waals surface area (Å²) in [6.07, 6.45) is 0.669. The van der Waals surface area contributed by atoms with Gasteiger partial charge in [-0.15, -0.1) is 0 Å². The average molecular weight is 323 g/mol. The molecule has 2 aromatic rings. The molecule has 2 heterocycles. The molecule has 0 unspecified atom stereocenters. The predicted molar refractivity (Wildman–Crippen MR) is 71.6 cm³/mol. The molecule has 1 aliphatic heterocycles. The van der Waals surface area contributed by atoms with Crippen LogP contribution in [-0.4, -0.2) is 27.5 Å². The van der Waals surface area contributed by atoms with Crippen LogP contribution in [0.15, 0.2) is 28.7 Å². The lowest BCUT2D eigenvalue weighted by Gasteiger charge is -2.14. The third-order valence-corrected chi connectivity index (χ3v) is 3.57. The lowest BCUT2D eigenvalue weighted by Crippen LogP contribution is -2.13. The van der Waals surface area contributed by atoms with Crippen LogP contribution in [-0.2, 0) is 17.8 Å². The Labute approximate surface area is 117 Å². The first-order valence-electron chi connectivity index (χ1n) is 5.84. The van der Waals surface area contributed by atoms with E-state index in [4.69, 9.17) is 4.74 Å². The summed E-state index contributed by atoms with van der Waals surface area (Å²) in [5.74, 6) is -1.02. The summed E-state index contributed by atoms with van der Waals surface area (Å²) in [7, 11) is 0. The van der Waals surface area contributed by atoms with Crippen molar-refractivity contribution < 1.29 is 14.6 Å². The molecule has 1 N–H and O–H groups in total. The van der Waals surface area contributed by atoms with Gasteiger partial charge in [-0.1, -0.05) is 22.0 Å². The van der Waals surface area contributed by atoms with Crippen LogP contribution in [0, 0.1) is 0 Å². The standard InChI is InChI=1S/C13H11BrN2O3/c14-8-2-1-3-9(6-8)16-11-4-5-19-7-10(11)12(15-16)13(17)18/h1-3,6H,4-5,7H2,(H,17,18). The molecule has 0 amide bonds. The second-order valence-corrected chi connectivity index (χ2v) is 5.19. The lowest BCUT2D eigenvalue weighted by atomic mass is 10.1. The van der Waals surface area contributed by atoms with Gasteiger partial charge < -0.3 is 9.84 Å². The zero-order valence-corrected chi connectivity index (χ0v) is 11.6. The van der Waals surface area contributed by atoms with E-state index in [1.54, 1.807) is 4.68 Å². The number of aromatic nitrogens is 2. The molecule has 1 aliphatic rings. The van der Waals surface area contributed by atoms with E-state index in [0.29, 0.717) is 25.2 Å². The number of ether oxygens (including phenoxy) is 1. The first-order chi connectivity index (χ1) is 9.16. The minimum absolute atomic E-state index is 0.0784. The van der Waals surface area contributed by atoms with Gasteiger partial charge in [-0.3, -0.25) is 0 Å².